The first-order valence-corrected chi connectivity index (χ1v) is 26.8. The maximum atomic E-state index is 14.4. The number of aliphatic hydroxyl groups excluding tert-OH is 2. The van der Waals surface area contributed by atoms with Crippen LogP contribution < -0.4 is 48.3 Å². The van der Waals surface area contributed by atoms with Gasteiger partial charge in [0.05, 0.1) is 44.0 Å². The summed E-state index contributed by atoms with van der Waals surface area (Å²) in [5, 5.41) is 78.0. The average Bonchev–Trinajstić information content (AvgIpc) is 4.11. The minimum absolute atomic E-state index is 0.0269. The zero-order chi connectivity index (χ0) is 60.0. The van der Waals surface area contributed by atoms with Gasteiger partial charge in [0, 0.05) is 31.3 Å². The Hall–Kier alpha value is -7.90. The van der Waals surface area contributed by atoms with Gasteiger partial charge in [0.1, 0.15) is 48.0 Å². The molecule has 1 aromatic heterocycles. The number of aliphatic hydroxyl groups is 2. The van der Waals surface area contributed by atoms with Gasteiger partial charge < -0.3 is 88.8 Å². The van der Waals surface area contributed by atoms with Crippen molar-refractivity contribution in [2.24, 2.45) is 11.7 Å². The Balaban J connectivity index is 1.91. The first-order chi connectivity index (χ1) is 37.7. The van der Waals surface area contributed by atoms with Gasteiger partial charge in [-0.2, -0.15) is 11.8 Å². The van der Waals surface area contributed by atoms with Crippen LogP contribution in [0.25, 0.3) is 0 Å². The third-order valence-corrected chi connectivity index (χ3v) is 13.4. The van der Waals surface area contributed by atoms with Crippen molar-refractivity contribution in [2.45, 2.75) is 146 Å². The first-order valence-electron chi connectivity index (χ1n) is 25.4. The number of rotatable bonds is 33. The van der Waals surface area contributed by atoms with E-state index in [4.69, 9.17) is 5.73 Å². The van der Waals surface area contributed by atoms with E-state index in [1.807, 2.05) is 11.6 Å². The van der Waals surface area contributed by atoms with Gasteiger partial charge in [-0.3, -0.25) is 52.7 Å². The molecule has 0 aliphatic carbocycles. The van der Waals surface area contributed by atoms with Crippen LogP contribution in [0.3, 0.4) is 0 Å². The second-order valence-electron chi connectivity index (χ2n) is 19.1. The number of hydrogen-bond acceptors (Lipinski definition) is 18. The molecule has 0 radical (unpaired) electrons. The van der Waals surface area contributed by atoms with Crippen molar-refractivity contribution in [2.75, 3.05) is 25.1 Å². The van der Waals surface area contributed by atoms with Gasteiger partial charge >= 0.3 is 17.9 Å². The SMILES string of the molecule is CC[C@H](C)[C@H](NC(=O)[C@H](CC(=O)O)NC(=O)[C@H](Cc1ccc(O)cc1)NC(=O)[C@H](CC(=O)O)NC(=O)[C@H](Cc1cnc[nH]1)NC(=O)CNC(=O)[C@@H](N)CCSC)C(=O)N1CCC[C@H]1C(=O)N[C@H](C(=O)N[C@H](C(=O)O)[C@@H](C)O)[C@@H](C)O. The molecule has 31 heteroatoms. The number of likely N-dealkylation sites (tertiary alicyclic amines) is 1. The van der Waals surface area contributed by atoms with Crippen LogP contribution >= 0.6 is 11.8 Å². The van der Waals surface area contributed by atoms with E-state index < -0.39 is 169 Å². The number of phenolic OH excluding ortho intramolecular Hbond substituents is 1. The number of carbonyl (C=O) groups is 12. The molecule has 1 aromatic carbocycles. The van der Waals surface area contributed by atoms with Crippen LogP contribution in [0.5, 0.6) is 5.75 Å². The molecule has 12 atom stereocenters. The molecule has 2 aromatic rings. The molecule has 1 aliphatic heterocycles. The summed E-state index contributed by atoms with van der Waals surface area (Å²) >= 11 is 1.45. The van der Waals surface area contributed by atoms with Crippen LogP contribution in [0.2, 0.25) is 0 Å². The Morgan fingerprint density at radius 2 is 1.25 bits per heavy atom. The third-order valence-electron chi connectivity index (χ3n) is 12.8. The van der Waals surface area contributed by atoms with Crippen molar-refractivity contribution in [3.63, 3.8) is 0 Å². The number of imidazole rings is 1. The van der Waals surface area contributed by atoms with Gasteiger partial charge in [-0.1, -0.05) is 32.4 Å². The monoisotopic (exact) mass is 1150 g/mol. The fourth-order valence-electron chi connectivity index (χ4n) is 8.11. The number of nitrogens with two attached hydrogens (primary N) is 1. The number of aliphatic carboxylic acids is 3. The molecule has 1 saturated heterocycles. The number of carboxylic acid groups (broad SMARTS) is 3. The van der Waals surface area contributed by atoms with Crippen molar-refractivity contribution in [1.82, 2.24) is 57.4 Å². The second kappa shape index (κ2) is 32.2. The molecule has 0 saturated carbocycles. The van der Waals surface area contributed by atoms with Crippen molar-refractivity contribution >= 4 is 82.8 Å². The fraction of sp³-hybridized carbons (Fsp3) is 0.571. The first kappa shape index (κ1) is 66.4. The fourth-order valence-corrected chi connectivity index (χ4v) is 8.60. The predicted octanol–water partition coefficient (Wildman–Crippen LogP) is -4.68. The number of nitrogens with zero attached hydrogens (tertiary/aromatic N) is 2. The van der Waals surface area contributed by atoms with Crippen LogP contribution in [-0.2, 0) is 70.4 Å². The minimum atomic E-state index is -1.99. The van der Waals surface area contributed by atoms with Crippen LogP contribution in [0.4, 0.5) is 0 Å². The smallest absolute Gasteiger partial charge is 0.328 e. The van der Waals surface area contributed by atoms with Crippen molar-refractivity contribution in [1.29, 1.82) is 0 Å². The number of carbonyl (C=O) groups excluding carboxylic acids is 9. The molecule has 30 nitrogen and oxygen atoms in total. The molecule has 9 amide bonds. The number of phenols is 1. The van der Waals surface area contributed by atoms with Gasteiger partial charge in [-0.15, -0.1) is 0 Å². The molecule has 80 heavy (non-hydrogen) atoms. The molecule has 1 fully saturated rings. The maximum absolute atomic E-state index is 14.4. The summed E-state index contributed by atoms with van der Waals surface area (Å²) in [7, 11) is 0. The van der Waals surface area contributed by atoms with Crippen LogP contribution in [0.15, 0.2) is 36.8 Å². The zero-order valence-electron chi connectivity index (χ0n) is 44.6. The number of aromatic amines is 1. The van der Waals surface area contributed by atoms with E-state index in [0.717, 1.165) is 18.7 Å². The molecule has 0 bridgehead atoms. The zero-order valence-corrected chi connectivity index (χ0v) is 45.4. The van der Waals surface area contributed by atoms with E-state index >= 15 is 0 Å². The number of thioether (sulfide) groups is 1. The molecule has 2 heterocycles. The lowest BCUT2D eigenvalue weighted by molar-refractivity contribution is -0.147. The highest BCUT2D eigenvalue weighted by Gasteiger charge is 2.43. The minimum Gasteiger partial charge on any atom is -0.508 e. The Labute approximate surface area is 463 Å². The quantitative estimate of drug-likeness (QED) is 0.0319. The molecule has 1 aliphatic rings. The van der Waals surface area contributed by atoms with Gasteiger partial charge in [-0.05, 0) is 68.7 Å². The average molecular weight is 1150 g/mol. The largest absolute Gasteiger partial charge is 0.508 e. The molecule has 3 rings (SSSR count). The molecular weight excluding hydrogens is 1080 g/mol. The summed E-state index contributed by atoms with van der Waals surface area (Å²) in [6.45, 7) is 4.76. The van der Waals surface area contributed by atoms with E-state index in [1.54, 1.807) is 13.8 Å². The van der Waals surface area contributed by atoms with E-state index in [1.165, 1.54) is 48.6 Å². The van der Waals surface area contributed by atoms with Crippen molar-refractivity contribution in [3.8, 4) is 5.75 Å². The number of H-pyrrole nitrogens is 1. The second-order valence-corrected chi connectivity index (χ2v) is 20.1. The van der Waals surface area contributed by atoms with Gasteiger partial charge in [-0.25, -0.2) is 9.78 Å². The maximum Gasteiger partial charge on any atom is 0.328 e. The standard InChI is InChI=1S/C49H72N12O18S/c1-6-23(2)38(48(77)61-14-7-8-34(61)46(75)59-39(24(3)62)47(76)60-40(25(4)63)49(78)79)58-45(74)33(19-37(68)69)57-42(71)30(16-26-9-11-28(64)12-10-26)55-44(73)32(18-36(66)67)56-43(72)31(17-27-20-51-22-53-27)54-35(65)21-52-41(70)29(50)13-15-80-5/h9-12,20,22-25,29-34,38-40,62-64H,6-8,13-19,21,50H2,1-5H3,(H,51,53)(H,52,70)(H,54,65)(H,55,73)(H,56,72)(H,57,71)(H,58,74)(H,59,75)(H,60,76)(H,66,67)(H,68,69)(H,78,79)/t23-,24+,25+,29-,30-,31-,32-,33-,34-,38-,39-,40-/m0/s1. The Morgan fingerprint density at radius 3 is 1.76 bits per heavy atom. The highest BCUT2D eigenvalue weighted by molar-refractivity contribution is 7.98. The molecule has 0 spiro atoms. The number of nitrogens with one attached hydrogen (secondary N) is 9. The number of benzene rings is 1. The summed E-state index contributed by atoms with van der Waals surface area (Å²) in [5.74, 6) is -14.5. The highest BCUT2D eigenvalue weighted by Crippen LogP contribution is 2.22. The lowest BCUT2D eigenvalue weighted by atomic mass is 9.96. The topological polar surface area (TPSA) is 480 Å². The van der Waals surface area contributed by atoms with Crippen molar-refractivity contribution < 1.29 is 88.2 Å². The van der Waals surface area contributed by atoms with Gasteiger partial charge in [0.15, 0.2) is 6.04 Å². The molecular formula is C49H72N12O18S. The highest BCUT2D eigenvalue weighted by atomic mass is 32.2. The van der Waals surface area contributed by atoms with Gasteiger partial charge in [0.2, 0.25) is 53.2 Å². The lowest BCUT2D eigenvalue weighted by Gasteiger charge is -2.33. The molecule has 442 valence electrons. The summed E-state index contributed by atoms with van der Waals surface area (Å²) in [4.78, 5) is 167. The Morgan fingerprint density at radius 1 is 0.713 bits per heavy atom. The number of carboxylic acids is 3. The summed E-state index contributed by atoms with van der Waals surface area (Å²) in [6, 6.07) is -9.41. The van der Waals surface area contributed by atoms with Crippen LogP contribution in [0, 0.1) is 5.92 Å². The predicted molar refractivity (Wildman–Crippen MR) is 281 cm³/mol. The van der Waals surface area contributed by atoms with E-state index in [2.05, 4.69) is 47.2 Å². The summed E-state index contributed by atoms with van der Waals surface area (Å²) in [6.07, 6.45) is -0.920. The van der Waals surface area contributed by atoms with Gasteiger partial charge in [0.25, 0.3) is 0 Å². The van der Waals surface area contributed by atoms with Crippen LogP contribution in [-0.4, -0.2) is 208 Å². The normalized spacial score (nSPS) is 17.1. The number of aromatic nitrogens is 2. The molecule has 0 unspecified atom stereocenters. The van der Waals surface area contributed by atoms with Crippen LogP contribution in [0.1, 0.15) is 77.5 Å². The third kappa shape index (κ3) is 21.0. The Bertz CT molecular complexity index is 2500. The molecule has 17 N–H and O–H groups in total. The summed E-state index contributed by atoms with van der Waals surface area (Å²) < 4.78 is 0. The Kier molecular flexibility index (Phi) is 26.8. The van der Waals surface area contributed by atoms with E-state index in [0.29, 0.717) is 17.9 Å². The number of amides is 9. The van der Waals surface area contributed by atoms with Crippen molar-refractivity contribution in [3.05, 3.63) is 48.0 Å². The summed E-state index contributed by atoms with van der Waals surface area (Å²) in [5.41, 5.74) is 6.45. The number of aromatic hydroxyl groups is 1. The van der Waals surface area contributed by atoms with E-state index in [-0.39, 0.29) is 43.5 Å². The number of hydrogen-bond donors (Lipinski definition) is 16. The lowest BCUT2D eigenvalue weighted by Crippen LogP contribution is -2.62. The van der Waals surface area contributed by atoms with E-state index in [9.17, 15) is 88.2 Å².